The number of anilines is 1. The molecule has 1 N–H and O–H groups in total. The van der Waals surface area contributed by atoms with Crippen LogP contribution in [0.5, 0.6) is 5.75 Å². The highest BCUT2D eigenvalue weighted by Gasteiger charge is 2.40. The number of ether oxygens (including phenoxy) is 1. The molecule has 0 bridgehead atoms. The van der Waals surface area contributed by atoms with E-state index >= 15 is 0 Å². The van der Waals surface area contributed by atoms with E-state index in [9.17, 15) is 0 Å². The van der Waals surface area contributed by atoms with E-state index in [4.69, 9.17) is 20.8 Å². The number of aryl methyl sites for hydroxylation is 1. The van der Waals surface area contributed by atoms with E-state index in [0.717, 1.165) is 54.0 Å². The molecule has 6 nitrogen and oxygen atoms in total. The summed E-state index contributed by atoms with van der Waals surface area (Å²) in [5, 5.41) is 8.86. The molecule has 3 aromatic rings. The number of aromatic nitrogens is 3. The van der Waals surface area contributed by atoms with E-state index in [2.05, 4.69) is 49.3 Å². The summed E-state index contributed by atoms with van der Waals surface area (Å²) in [7, 11) is -1.74. The number of halogens is 1. The van der Waals surface area contributed by atoms with Crippen LogP contribution >= 0.6 is 11.6 Å². The predicted octanol–water partition coefficient (Wildman–Crippen LogP) is 7.02. The number of nitrogens with one attached hydrogen (secondary N) is 1. The topological polar surface area (TPSA) is 60.7 Å². The van der Waals surface area contributed by atoms with Crippen molar-refractivity contribution >= 4 is 31.3 Å². The molecule has 0 unspecified atom stereocenters. The Bertz CT molecular complexity index is 1130. The molecular formula is C26H37ClN4O2Si. The van der Waals surface area contributed by atoms with Crippen LogP contribution in [0.15, 0.2) is 36.7 Å². The van der Waals surface area contributed by atoms with E-state index in [1.807, 2.05) is 48.1 Å². The van der Waals surface area contributed by atoms with Gasteiger partial charge >= 0.3 is 0 Å². The zero-order valence-electron chi connectivity index (χ0n) is 21.2. The van der Waals surface area contributed by atoms with Gasteiger partial charge in [-0.05, 0) is 75.0 Å². The third-order valence-corrected chi connectivity index (χ3v) is 12.0. The largest absolute Gasteiger partial charge is 0.488 e. The molecule has 2 heterocycles. The minimum absolute atomic E-state index is 0.183. The Morgan fingerprint density at radius 2 is 1.82 bits per heavy atom. The van der Waals surface area contributed by atoms with Crippen LogP contribution in [0.25, 0.3) is 5.65 Å². The maximum atomic E-state index is 6.64. The van der Waals surface area contributed by atoms with Gasteiger partial charge < -0.3 is 14.5 Å². The molecular weight excluding hydrogens is 464 g/mol. The quantitative estimate of drug-likeness (QED) is 0.353. The lowest BCUT2D eigenvalue weighted by Gasteiger charge is -2.41. The predicted molar refractivity (Wildman–Crippen MR) is 141 cm³/mol. The van der Waals surface area contributed by atoms with E-state index in [1.54, 1.807) is 0 Å². The molecule has 1 aromatic carbocycles. The normalized spacial score (nSPS) is 19.4. The number of hydrogen-bond donors (Lipinski definition) is 1. The fourth-order valence-corrected chi connectivity index (χ4v) is 5.75. The van der Waals surface area contributed by atoms with Gasteiger partial charge in [0.05, 0.1) is 18.0 Å². The molecule has 4 rings (SSSR count). The molecule has 1 aliphatic carbocycles. The van der Waals surface area contributed by atoms with Gasteiger partial charge in [-0.1, -0.05) is 32.4 Å². The molecule has 0 amide bonds. The Kier molecular flexibility index (Phi) is 7.27. The number of benzene rings is 1. The second-order valence-corrected chi connectivity index (χ2v) is 16.1. The Morgan fingerprint density at radius 1 is 1.12 bits per heavy atom. The van der Waals surface area contributed by atoms with Crippen LogP contribution in [-0.2, 0) is 11.0 Å². The maximum absolute atomic E-state index is 6.64. The first-order chi connectivity index (χ1) is 16.0. The molecule has 2 aromatic heterocycles. The van der Waals surface area contributed by atoms with Crippen LogP contribution < -0.4 is 10.1 Å². The average Bonchev–Trinajstić information content (AvgIpc) is 3.18. The monoisotopic (exact) mass is 500 g/mol. The molecule has 1 aliphatic rings. The highest BCUT2D eigenvalue weighted by atomic mass is 35.5. The van der Waals surface area contributed by atoms with Gasteiger partial charge in [0, 0.05) is 35.1 Å². The smallest absolute Gasteiger partial charge is 0.192 e. The summed E-state index contributed by atoms with van der Waals surface area (Å²) >= 11 is 6.32. The van der Waals surface area contributed by atoms with Crippen LogP contribution in [0.4, 0.5) is 5.69 Å². The van der Waals surface area contributed by atoms with Gasteiger partial charge in [-0.25, -0.2) is 9.50 Å². The number of rotatable bonds is 7. The summed E-state index contributed by atoms with van der Waals surface area (Å²) in [4.78, 5) is 4.49. The standard InChI is InChI=1S/C26H37ClN4O2Si/c1-18-13-14-28-25-19(17-30-31(18)25)16-29-23-15-20(27)7-12-24(23)32-21-8-10-22(11-9-21)33-34(5,6)26(2,3)4/h7,12-15,17,21-22,29H,8-11,16H2,1-6H3. The molecule has 0 radical (unpaired) electrons. The van der Waals surface area contributed by atoms with Gasteiger partial charge in [0.1, 0.15) is 5.75 Å². The SMILES string of the molecule is Cc1ccnc2c(CNc3cc(Cl)ccc3OC3CCC(O[Si](C)(C)C(C)(C)C)CC3)cnn12. The fraction of sp³-hybridized carbons (Fsp3) is 0.538. The minimum atomic E-state index is -1.74. The number of hydrogen-bond acceptors (Lipinski definition) is 5. The highest BCUT2D eigenvalue weighted by Crippen LogP contribution is 2.40. The molecule has 1 fully saturated rings. The number of nitrogens with zero attached hydrogens (tertiary/aromatic N) is 3. The van der Waals surface area contributed by atoms with Crippen molar-refractivity contribution in [2.24, 2.45) is 0 Å². The molecule has 0 atom stereocenters. The number of fused-ring (bicyclic) bond motifs is 1. The van der Waals surface area contributed by atoms with Gasteiger partial charge in [-0.3, -0.25) is 0 Å². The summed E-state index contributed by atoms with van der Waals surface area (Å²) in [6.07, 6.45) is 8.28. The first kappa shape index (κ1) is 25.0. The van der Waals surface area contributed by atoms with Crippen molar-refractivity contribution in [3.63, 3.8) is 0 Å². The van der Waals surface area contributed by atoms with Crippen LogP contribution in [0.2, 0.25) is 23.2 Å². The molecule has 0 saturated heterocycles. The van der Waals surface area contributed by atoms with Crippen molar-refractivity contribution in [2.75, 3.05) is 5.32 Å². The summed E-state index contributed by atoms with van der Waals surface area (Å²) in [6.45, 7) is 14.2. The van der Waals surface area contributed by atoms with E-state index in [0.29, 0.717) is 17.7 Å². The Balaban J connectivity index is 1.39. The Hall–Kier alpha value is -2.09. The second-order valence-electron chi connectivity index (χ2n) is 10.9. The first-order valence-electron chi connectivity index (χ1n) is 12.2. The minimum Gasteiger partial charge on any atom is -0.488 e. The summed E-state index contributed by atoms with van der Waals surface area (Å²) in [5.74, 6) is 0.832. The first-order valence-corrected chi connectivity index (χ1v) is 15.5. The van der Waals surface area contributed by atoms with Crippen LogP contribution in [0.1, 0.15) is 57.7 Å². The van der Waals surface area contributed by atoms with Gasteiger partial charge in [0.2, 0.25) is 0 Å². The van der Waals surface area contributed by atoms with Crippen molar-refractivity contribution in [1.29, 1.82) is 0 Å². The lowest BCUT2D eigenvalue weighted by atomic mass is 9.95. The zero-order chi connectivity index (χ0) is 24.5. The maximum Gasteiger partial charge on any atom is 0.192 e. The van der Waals surface area contributed by atoms with Gasteiger partial charge in [-0.2, -0.15) is 5.10 Å². The van der Waals surface area contributed by atoms with Crippen molar-refractivity contribution in [1.82, 2.24) is 14.6 Å². The molecule has 0 spiro atoms. The van der Waals surface area contributed by atoms with Gasteiger partial charge in [0.25, 0.3) is 0 Å². The molecule has 8 heteroatoms. The van der Waals surface area contributed by atoms with Gasteiger partial charge in [-0.15, -0.1) is 0 Å². The molecule has 34 heavy (non-hydrogen) atoms. The third-order valence-electron chi connectivity index (χ3n) is 7.26. The summed E-state index contributed by atoms with van der Waals surface area (Å²) in [5.41, 5.74) is 3.82. The lowest BCUT2D eigenvalue weighted by Crippen LogP contribution is -2.45. The van der Waals surface area contributed by atoms with E-state index < -0.39 is 8.32 Å². The molecule has 184 valence electrons. The summed E-state index contributed by atoms with van der Waals surface area (Å²) in [6, 6.07) is 7.72. The lowest BCUT2D eigenvalue weighted by molar-refractivity contribution is 0.0729. The van der Waals surface area contributed by atoms with Crippen molar-refractivity contribution in [3.05, 3.63) is 52.9 Å². The van der Waals surface area contributed by atoms with E-state index in [-0.39, 0.29) is 11.1 Å². The Morgan fingerprint density at radius 3 is 2.53 bits per heavy atom. The van der Waals surface area contributed by atoms with Crippen molar-refractivity contribution < 1.29 is 9.16 Å². The molecule has 0 aliphatic heterocycles. The zero-order valence-corrected chi connectivity index (χ0v) is 22.9. The van der Waals surface area contributed by atoms with Gasteiger partial charge in [0.15, 0.2) is 14.0 Å². The average molecular weight is 501 g/mol. The molecule has 1 saturated carbocycles. The summed E-state index contributed by atoms with van der Waals surface area (Å²) < 4.78 is 15.0. The van der Waals surface area contributed by atoms with E-state index in [1.165, 1.54) is 0 Å². The highest BCUT2D eigenvalue weighted by molar-refractivity contribution is 6.74. The van der Waals surface area contributed by atoms with Crippen LogP contribution in [0.3, 0.4) is 0 Å². The second kappa shape index (κ2) is 9.88. The Labute approximate surface area is 209 Å². The fourth-order valence-electron chi connectivity index (χ4n) is 4.16. The van der Waals surface area contributed by atoms with Crippen LogP contribution in [0, 0.1) is 6.92 Å². The van der Waals surface area contributed by atoms with Crippen LogP contribution in [-0.4, -0.2) is 35.1 Å². The third kappa shape index (κ3) is 5.58. The van der Waals surface area contributed by atoms with Crippen molar-refractivity contribution in [2.45, 2.75) is 90.3 Å². The van der Waals surface area contributed by atoms with Crippen molar-refractivity contribution in [3.8, 4) is 5.75 Å².